The van der Waals surface area contributed by atoms with Gasteiger partial charge in [-0.2, -0.15) is 0 Å². The molecule has 0 bridgehead atoms. The van der Waals surface area contributed by atoms with Crippen molar-refractivity contribution in [1.29, 1.82) is 0 Å². The fourth-order valence-corrected chi connectivity index (χ4v) is 14.4. The molecule has 4 amide bonds. The molecule has 7 rings (SSSR count). The number of aromatic nitrogens is 2. The summed E-state index contributed by atoms with van der Waals surface area (Å²) in [5, 5.41) is 0. The van der Waals surface area contributed by atoms with Gasteiger partial charge in [-0.15, -0.1) is 34.0 Å². The van der Waals surface area contributed by atoms with Crippen molar-refractivity contribution in [3.05, 3.63) is 66.2 Å². The number of hydrogen-bond donors (Lipinski definition) is 0. The van der Waals surface area contributed by atoms with E-state index in [0.717, 1.165) is 127 Å². The molecule has 69 heavy (non-hydrogen) atoms. The van der Waals surface area contributed by atoms with E-state index in [2.05, 4.69) is 93.0 Å². The zero-order valence-electron chi connectivity index (χ0n) is 41.7. The fourth-order valence-electron chi connectivity index (χ4n) is 10.3. The van der Waals surface area contributed by atoms with E-state index in [-0.39, 0.29) is 23.6 Å². The van der Waals surface area contributed by atoms with Gasteiger partial charge in [0, 0.05) is 26.2 Å². The SMILES string of the molecule is CCCCCCCCN1C(=O)c2c(c(-c3ccc(-c4c5c(c(-c6ccc(Br)s6)n4CCCCCCCC)C(=O)N(CCCCCCCC)C5=O)s3)n(CCCCCCCC)c2-c2ccc(Br)s2)C1=O. The lowest BCUT2D eigenvalue weighted by molar-refractivity contribution is 0.0635. The van der Waals surface area contributed by atoms with Crippen LogP contribution >= 0.6 is 65.9 Å². The van der Waals surface area contributed by atoms with E-state index < -0.39 is 0 Å². The monoisotopic (exact) mass is 1120 g/mol. The Morgan fingerprint density at radius 1 is 0.333 bits per heavy atom. The second-order valence-electron chi connectivity index (χ2n) is 19.2. The molecule has 5 aromatic heterocycles. The maximum Gasteiger partial charge on any atom is 0.263 e. The molecule has 0 unspecified atom stereocenters. The minimum Gasteiger partial charge on any atom is -0.338 e. The molecule has 0 aliphatic carbocycles. The highest BCUT2D eigenvalue weighted by Crippen LogP contribution is 2.50. The average molecular weight is 1120 g/mol. The topological polar surface area (TPSA) is 84.6 Å². The van der Waals surface area contributed by atoms with E-state index in [4.69, 9.17) is 0 Å². The molecule has 2 aliphatic heterocycles. The number of carbonyl (C=O) groups excluding carboxylic acids is 4. The molecule has 374 valence electrons. The molecule has 0 saturated carbocycles. The van der Waals surface area contributed by atoms with Crippen LogP contribution in [0, 0.1) is 0 Å². The smallest absolute Gasteiger partial charge is 0.263 e. The first-order chi connectivity index (χ1) is 33.7. The number of halogens is 2. The van der Waals surface area contributed by atoms with Gasteiger partial charge in [0.15, 0.2) is 0 Å². The third-order valence-electron chi connectivity index (χ3n) is 14.0. The summed E-state index contributed by atoms with van der Waals surface area (Å²) in [4.78, 5) is 66.2. The molecule has 0 fully saturated rings. The number of rotatable bonds is 32. The van der Waals surface area contributed by atoms with Crippen molar-refractivity contribution in [3.63, 3.8) is 0 Å². The molecule has 7 heterocycles. The predicted octanol–water partition coefficient (Wildman–Crippen LogP) is 18.3. The molecule has 2 aliphatic rings. The lowest BCUT2D eigenvalue weighted by Gasteiger charge is -2.19. The van der Waals surface area contributed by atoms with Gasteiger partial charge in [-0.3, -0.25) is 29.0 Å². The largest absolute Gasteiger partial charge is 0.338 e. The van der Waals surface area contributed by atoms with Gasteiger partial charge in [0.05, 0.1) is 72.1 Å². The van der Waals surface area contributed by atoms with Crippen molar-refractivity contribution in [3.8, 4) is 42.3 Å². The highest BCUT2D eigenvalue weighted by atomic mass is 79.9. The maximum atomic E-state index is 14.9. The number of thiophene rings is 3. The minimum absolute atomic E-state index is 0.199. The van der Waals surface area contributed by atoms with Crippen molar-refractivity contribution in [2.45, 2.75) is 195 Å². The Bertz CT molecular complexity index is 2360. The molecule has 0 N–H and O–H groups in total. The third kappa shape index (κ3) is 12.4. The van der Waals surface area contributed by atoms with E-state index >= 15 is 0 Å². The lowest BCUT2D eigenvalue weighted by atomic mass is 10.1. The second-order valence-corrected chi connectivity index (χ2v) is 25.2. The van der Waals surface area contributed by atoms with Gasteiger partial charge in [0.2, 0.25) is 0 Å². The van der Waals surface area contributed by atoms with Gasteiger partial charge >= 0.3 is 0 Å². The zero-order valence-corrected chi connectivity index (χ0v) is 47.3. The molecule has 0 spiro atoms. The Morgan fingerprint density at radius 2 is 0.580 bits per heavy atom. The highest BCUT2D eigenvalue weighted by Gasteiger charge is 2.46. The van der Waals surface area contributed by atoms with Crippen LogP contribution in [0.2, 0.25) is 0 Å². The van der Waals surface area contributed by atoms with E-state index in [1.807, 2.05) is 12.1 Å². The first-order valence-corrected chi connectivity index (χ1v) is 30.6. The molecular formula is C56H74Br2N4O4S3. The third-order valence-corrected chi connectivity index (χ3v) is 18.3. The Balaban J connectivity index is 1.35. The van der Waals surface area contributed by atoms with Crippen LogP contribution in [0.25, 0.3) is 42.3 Å². The lowest BCUT2D eigenvalue weighted by Crippen LogP contribution is -2.31. The number of fused-ring (bicyclic) bond motifs is 2. The Kier molecular flexibility index (Phi) is 20.7. The summed E-state index contributed by atoms with van der Waals surface area (Å²) in [5.41, 5.74) is 5.26. The molecule has 13 heteroatoms. The van der Waals surface area contributed by atoms with Gasteiger partial charge in [0.1, 0.15) is 0 Å². The average Bonchev–Trinajstić information content (AvgIpc) is 4.22. The summed E-state index contributed by atoms with van der Waals surface area (Å²) < 4.78 is 6.50. The number of hydrogen-bond acceptors (Lipinski definition) is 7. The van der Waals surface area contributed by atoms with Crippen LogP contribution in [0.1, 0.15) is 223 Å². The number of amides is 4. The Labute approximate surface area is 440 Å². The summed E-state index contributed by atoms with van der Waals surface area (Å²) in [5.74, 6) is -0.823. The number of carbonyl (C=O) groups is 4. The predicted molar refractivity (Wildman–Crippen MR) is 297 cm³/mol. The molecule has 5 aromatic rings. The molecule has 8 nitrogen and oxygen atoms in total. The zero-order chi connectivity index (χ0) is 48.9. The van der Waals surface area contributed by atoms with Gasteiger partial charge in [-0.05, 0) is 93.9 Å². The van der Waals surface area contributed by atoms with Crippen LogP contribution in [0.3, 0.4) is 0 Å². The van der Waals surface area contributed by atoms with E-state index in [9.17, 15) is 19.2 Å². The standard InChI is InChI=1S/C56H74Br2N4O4S3/c1-5-9-13-17-21-25-35-59-49(45-47(51(59)41-31-33-43(57)68-41)55(65)61(53(45)63)37-27-23-19-15-11-7-3)39-29-30-40(67-39)50-46-48(56(66)62(54(46)64)38-28-24-20-16-12-8-4)52(42-32-34-44(58)69-42)60(50)36-26-22-18-14-10-6-2/h29-34H,5-28,35-38H2,1-4H3. The van der Waals surface area contributed by atoms with Crippen LogP contribution in [0.15, 0.2) is 44.0 Å². The summed E-state index contributed by atoms with van der Waals surface area (Å²) in [6.45, 7) is 11.1. The quantitative estimate of drug-likeness (QED) is 0.0317. The van der Waals surface area contributed by atoms with E-state index in [0.29, 0.717) is 48.4 Å². The summed E-state index contributed by atoms with van der Waals surface area (Å²) in [6, 6.07) is 12.4. The highest BCUT2D eigenvalue weighted by molar-refractivity contribution is 9.11. The van der Waals surface area contributed by atoms with Gasteiger partial charge in [-0.1, -0.05) is 156 Å². The second kappa shape index (κ2) is 26.6. The first-order valence-electron chi connectivity index (χ1n) is 26.5. The number of imide groups is 2. The molecular weight excluding hydrogens is 1050 g/mol. The van der Waals surface area contributed by atoms with E-state index in [1.165, 1.54) is 86.8 Å². The number of unbranched alkanes of at least 4 members (excludes halogenated alkanes) is 20. The van der Waals surface area contributed by atoms with Gasteiger partial charge in [-0.25, -0.2) is 0 Å². The minimum atomic E-state index is -0.212. The van der Waals surface area contributed by atoms with Crippen molar-refractivity contribution in [2.75, 3.05) is 13.1 Å². The van der Waals surface area contributed by atoms with Crippen molar-refractivity contribution in [2.24, 2.45) is 0 Å². The normalized spacial score (nSPS) is 13.6. The van der Waals surface area contributed by atoms with Gasteiger partial charge in [0.25, 0.3) is 23.6 Å². The Hall–Kier alpha value is -3.10. The van der Waals surface area contributed by atoms with Crippen molar-refractivity contribution >= 4 is 89.5 Å². The van der Waals surface area contributed by atoms with Crippen LogP contribution in [0.4, 0.5) is 0 Å². The molecule has 0 saturated heterocycles. The van der Waals surface area contributed by atoms with Crippen LogP contribution in [0.5, 0.6) is 0 Å². The maximum absolute atomic E-state index is 14.9. The van der Waals surface area contributed by atoms with Crippen molar-refractivity contribution < 1.29 is 19.2 Å². The van der Waals surface area contributed by atoms with Crippen LogP contribution < -0.4 is 0 Å². The van der Waals surface area contributed by atoms with Gasteiger partial charge < -0.3 is 9.13 Å². The summed E-state index contributed by atoms with van der Waals surface area (Å²) in [6.07, 6.45) is 26.2. The number of nitrogens with zero attached hydrogens (tertiary/aromatic N) is 4. The Morgan fingerprint density at radius 3 is 0.855 bits per heavy atom. The van der Waals surface area contributed by atoms with Crippen LogP contribution in [-0.2, 0) is 13.1 Å². The first kappa shape index (κ1) is 53.7. The summed E-state index contributed by atoms with van der Waals surface area (Å²) >= 11 is 12.2. The van der Waals surface area contributed by atoms with Crippen molar-refractivity contribution in [1.82, 2.24) is 18.9 Å². The molecule has 0 aromatic carbocycles. The molecule has 0 radical (unpaired) electrons. The van der Waals surface area contributed by atoms with Crippen LogP contribution in [-0.4, -0.2) is 55.7 Å². The summed E-state index contributed by atoms with van der Waals surface area (Å²) in [7, 11) is 0. The molecule has 0 atom stereocenters. The van der Waals surface area contributed by atoms with E-state index in [1.54, 1.807) is 34.0 Å². The fraction of sp³-hybridized carbons (Fsp3) is 0.571.